The number of carbonyl (C=O) groups is 2. The number of amides is 2. The summed E-state index contributed by atoms with van der Waals surface area (Å²) in [5, 5.41) is 9.11. The van der Waals surface area contributed by atoms with Crippen molar-refractivity contribution in [1.82, 2.24) is 0 Å². The fourth-order valence-electron chi connectivity index (χ4n) is 1.87. The van der Waals surface area contributed by atoms with Crippen molar-refractivity contribution in [3.63, 3.8) is 0 Å². The lowest BCUT2D eigenvalue weighted by Crippen LogP contribution is -2.13. The fraction of sp³-hybridized carbons (Fsp3) is 0. The largest absolute Gasteiger partial charge is 0.459 e. The van der Waals surface area contributed by atoms with Crippen LogP contribution in [-0.4, -0.2) is 11.8 Å². The second-order valence-electron chi connectivity index (χ2n) is 4.48. The molecule has 0 radical (unpaired) electrons. The molecule has 2 heterocycles. The molecule has 0 unspecified atom stereocenters. The third-order valence-corrected chi connectivity index (χ3v) is 3.59. The minimum atomic E-state index is -0.341. The first-order valence-electron chi connectivity index (χ1n) is 6.51. The Kier molecular flexibility index (Phi) is 4.02. The van der Waals surface area contributed by atoms with Crippen LogP contribution in [0.15, 0.2) is 63.9 Å². The molecule has 3 rings (SSSR count). The van der Waals surface area contributed by atoms with Gasteiger partial charge in [0.25, 0.3) is 11.8 Å². The third kappa shape index (κ3) is 3.24. The Balaban J connectivity index is 1.70. The number of hydrogen-bond acceptors (Lipinski definition) is 4. The first-order valence-corrected chi connectivity index (χ1v) is 7.45. The van der Waals surface area contributed by atoms with Gasteiger partial charge in [0.2, 0.25) is 0 Å². The van der Waals surface area contributed by atoms with Gasteiger partial charge in [-0.05, 0) is 41.8 Å². The van der Waals surface area contributed by atoms with Gasteiger partial charge in [0.15, 0.2) is 5.76 Å². The maximum Gasteiger partial charge on any atom is 0.291 e. The Morgan fingerprint density at radius 2 is 1.73 bits per heavy atom. The van der Waals surface area contributed by atoms with E-state index in [1.165, 1.54) is 17.6 Å². The number of thiophene rings is 1. The summed E-state index contributed by atoms with van der Waals surface area (Å²) in [6.07, 6.45) is 1.44. The number of furan rings is 1. The predicted molar refractivity (Wildman–Crippen MR) is 85.4 cm³/mol. The minimum absolute atomic E-state index is 0.184. The first-order chi connectivity index (χ1) is 10.7. The molecule has 3 aromatic rings. The molecular formula is C16H12N2O3S. The SMILES string of the molecule is O=C(Nc1cccc(NC(=O)c2ccco2)c1)c1ccsc1. The highest BCUT2D eigenvalue weighted by Crippen LogP contribution is 2.17. The molecule has 0 bridgehead atoms. The van der Waals surface area contributed by atoms with Crippen LogP contribution >= 0.6 is 11.3 Å². The zero-order chi connectivity index (χ0) is 15.4. The van der Waals surface area contributed by atoms with Gasteiger partial charge in [0, 0.05) is 16.8 Å². The topological polar surface area (TPSA) is 71.3 Å². The first kappa shape index (κ1) is 14.1. The van der Waals surface area contributed by atoms with Gasteiger partial charge in [-0.15, -0.1) is 0 Å². The summed E-state index contributed by atoms with van der Waals surface area (Å²) >= 11 is 1.46. The number of benzene rings is 1. The van der Waals surface area contributed by atoms with E-state index in [-0.39, 0.29) is 17.6 Å². The van der Waals surface area contributed by atoms with Crippen molar-refractivity contribution in [3.8, 4) is 0 Å². The second kappa shape index (κ2) is 6.28. The molecule has 6 heteroatoms. The molecular weight excluding hydrogens is 300 g/mol. The van der Waals surface area contributed by atoms with Gasteiger partial charge < -0.3 is 15.1 Å². The third-order valence-electron chi connectivity index (χ3n) is 2.91. The highest BCUT2D eigenvalue weighted by atomic mass is 32.1. The van der Waals surface area contributed by atoms with E-state index in [1.807, 2.05) is 5.38 Å². The molecule has 2 amide bonds. The Morgan fingerprint density at radius 1 is 0.955 bits per heavy atom. The van der Waals surface area contributed by atoms with E-state index in [1.54, 1.807) is 47.8 Å². The number of anilines is 2. The van der Waals surface area contributed by atoms with Crippen LogP contribution in [0.25, 0.3) is 0 Å². The molecule has 0 fully saturated rings. The average molecular weight is 312 g/mol. The van der Waals surface area contributed by atoms with Crippen molar-refractivity contribution in [2.75, 3.05) is 10.6 Å². The highest BCUT2D eigenvalue weighted by Gasteiger charge is 2.10. The molecule has 2 aromatic heterocycles. The van der Waals surface area contributed by atoms with Gasteiger partial charge >= 0.3 is 0 Å². The summed E-state index contributed by atoms with van der Waals surface area (Å²) in [6.45, 7) is 0. The van der Waals surface area contributed by atoms with Crippen LogP contribution < -0.4 is 10.6 Å². The van der Waals surface area contributed by atoms with Gasteiger partial charge in [-0.3, -0.25) is 9.59 Å². The summed E-state index contributed by atoms with van der Waals surface area (Å²) < 4.78 is 5.03. The number of nitrogens with one attached hydrogen (secondary N) is 2. The number of hydrogen-bond donors (Lipinski definition) is 2. The maximum absolute atomic E-state index is 12.0. The Bertz CT molecular complexity index is 716. The van der Waals surface area contributed by atoms with Crippen LogP contribution in [-0.2, 0) is 0 Å². The van der Waals surface area contributed by atoms with E-state index in [4.69, 9.17) is 4.42 Å². The molecule has 0 aliphatic heterocycles. The molecule has 5 nitrogen and oxygen atoms in total. The predicted octanol–water partition coefficient (Wildman–Crippen LogP) is 3.85. The summed E-state index contributed by atoms with van der Waals surface area (Å²) in [4.78, 5) is 23.9. The van der Waals surface area contributed by atoms with E-state index in [9.17, 15) is 9.59 Å². The van der Waals surface area contributed by atoms with Crippen molar-refractivity contribution < 1.29 is 14.0 Å². The molecule has 0 aliphatic carbocycles. The molecule has 2 N–H and O–H groups in total. The van der Waals surface area contributed by atoms with Gasteiger partial charge in [-0.25, -0.2) is 0 Å². The lowest BCUT2D eigenvalue weighted by atomic mass is 10.2. The van der Waals surface area contributed by atoms with Gasteiger partial charge in [-0.2, -0.15) is 11.3 Å². The van der Waals surface area contributed by atoms with E-state index in [2.05, 4.69) is 10.6 Å². The van der Waals surface area contributed by atoms with E-state index in [0.29, 0.717) is 16.9 Å². The lowest BCUT2D eigenvalue weighted by Gasteiger charge is -2.07. The van der Waals surface area contributed by atoms with Crippen LogP contribution in [0, 0.1) is 0 Å². The normalized spacial score (nSPS) is 10.2. The average Bonchev–Trinajstić information content (AvgIpc) is 3.21. The van der Waals surface area contributed by atoms with Gasteiger partial charge in [0.1, 0.15) is 0 Å². The second-order valence-corrected chi connectivity index (χ2v) is 5.26. The summed E-state index contributed by atoms with van der Waals surface area (Å²) in [7, 11) is 0. The number of carbonyl (C=O) groups excluding carboxylic acids is 2. The zero-order valence-corrected chi connectivity index (χ0v) is 12.2. The summed E-state index contributed by atoms with van der Waals surface area (Å²) in [6, 6.07) is 11.9. The van der Waals surface area contributed by atoms with E-state index < -0.39 is 0 Å². The van der Waals surface area contributed by atoms with Crippen molar-refractivity contribution in [2.45, 2.75) is 0 Å². The highest BCUT2D eigenvalue weighted by molar-refractivity contribution is 7.08. The van der Waals surface area contributed by atoms with E-state index in [0.717, 1.165) is 0 Å². The monoisotopic (exact) mass is 312 g/mol. The smallest absolute Gasteiger partial charge is 0.291 e. The Hall–Kier alpha value is -2.86. The van der Waals surface area contributed by atoms with Crippen LogP contribution in [0.2, 0.25) is 0 Å². The summed E-state index contributed by atoms with van der Waals surface area (Å²) in [5.41, 5.74) is 1.79. The fourth-order valence-corrected chi connectivity index (χ4v) is 2.51. The zero-order valence-electron chi connectivity index (χ0n) is 11.4. The van der Waals surface area contributed by atoms with Crippen molar-refractivity contribution in [1.29, 1.82) is 0 Å². The number of rotatable bonds is 4. The molecule has 0 atom stereocenters. The van der Waals surface area contributed by atoms with Crippen LogP contribution in [0.5, 0.6) is 0 Å². The van der Waals surface area contributed by atoms with Crippen LogP contribution in [0.1, 0.15) is 20.9 Å². The molecule has 0 saturated carbocycles. The van der Waals surface area contributed by atoms with E-state index >= 15 is 0 Å². The maximum atomic E-state index is 12.0. The standard InChI is InChI=1S/C16H12N2O3S/c19-15(11-6-8-22-10-11)17-12-3-1-4-13(9-12)18-16(20)14-5-2-7-21-14/h1-10H,(H,17,19)(H,18,20). The molecule has 0 aliphatic rings. The molecule has 0 spiro atoms. The molecule has 1 aromatic carbocycles. The van der Waals surface area contributed by atoms with Crippen molar-refractivity contribution in [2.24, 2.45) is 0 Å². The molecule has 0 saturated heterocycles. The minimum Gasteiger partial charge on any atom is -0.459 e. The van der Waals surface area contributed by atoms with Crippen molar-refractivity contribution in [3.05, 3.63) is 70.8 Å². The lowest BCUT2D eigenvalue weighted by molar-refractivity contribution is 0.0995. The summed E-state index contributed by atoms with van der Waals surface area (Å²) in [5.74, 6) is -0.296. The quantitative estimate of drug-likeness (QED) is 0.768. The molecule has 22 heavy (non-hydrogen) atoms. The van der Waals surface area contributed by atoms with Crippen LogP contribution in [0.4, 0.5) is 11.4 Å². The molecule has 110 valence electrons. The van der Waals surface area contributed by atoms with Gasteiger partial charge in [0.05, 0.1) is 11.8 Å². The van der Waals surface area contributed by atoms with Gasteiger partial charge in [-0.1, -0.05) is 6.07 Å². The Labute approximate surface area is 130 Å². The Morgan fingerprint density at radius 3 is 2.36 bits per heavy atom. The van der Waals surface area contributed by atoms with Crippen molar-refractivity contribution >= 4 is 34.5 Å². The van der Waals surface area contributed by atoms with Crippen LogP contribution in [0.3, 0.4) is 0 Å².